The number of hydrogen-bond acceptors (Lipinski definition) is 6. The summed E-state index contributed by atoms with van der Waals surface area (Å²) in [5, 5.41) is 10.0. The van der Waals surface area contributed by atoms with Gasteiger partial charge in [0.15, 0.2) is 17.8 Å². The number of rotatable bonds is 8. The van der Waals surface area contributed by atoms with Gasteiger partial charge in [-0.2, -0.15) is 0 Å². The fourth-order valence-electron chi connectivity index (χ4n) is 3.86. The van der Waals surface area contributed by atoms with Crippen LogP contribution in [0.4, 0.5) is 0 Å². The first-order valence-electron chi connectivity index (χ1n) is 10.8. The molecule has 2 heterocycles. The minimum absolute atomic E-state index is 0.0279. The second kappa shape index (κ2) is 9.91. The van der Waals surface area contributed by atoms with E-state index in [4.69, 9.17) is 8.94 Å². The zero-order chi connectivity index (χ0) is 21.7. The van der Waals surface area contributed by atoms with Gasteiger partial charge in [0.2, 0.25) is 5.91 Å². The maximum Gasteiger partial charge on any atom is 0.273 e. The summed E-state index contributed by atoms with van der Waals surface area (Å²) in [5.41, 5.74) is 1.27. The molecule has 2 amide bonds. The second-order valence-corrected chi connectivity index (χ2v) is 8.84. The molecule has 2 aromatic rings. The van der Waals surface area contributed by atoms with Crippen LogP contribution in [0.25, 0.3) is 0 Å². The van der Waals surface area contributed by atoms with Crippen molar-refractivity contribution in [2.45, 2.75) is 78.3 Å². The van der Waals surface area contributed by atoms with E-state index in [0.29, 0.717) is 29.7 Å². The molecule has 0 radical (unpaired) electrons. The topological polar surface area (TPSA) is 110 Å². The Kier molecular flexibility index (Phi) is 7.29. The SMILES string of the molecule is CC(C)Cc1cc(CNC(=O)C2CCC(NC(=O)c3ncoc3C(C)C)CC2)on1. The van der Waals surface area contributed by atoms with Gasteiger partial charge in [-0.25, -0.2) is 4.98 Å². The molecular weight excluding hydrogens is 384 g/mol. The number of nitrogens with zero attached hydrogens (tertiary/aromatic N) is 2. The number of carbonyl (C=O) groups excluding carboxylic acids is 2. The Balaban J connectivity index is 1.42. The van der Waals surface area contributed by atoms with Gasteiger partial charge in [-0.05, 0) is 38.0 Å². The highest BCUT2D eigenvalue weighted by atomic mass is 16.5. The van der Waals surface area contributed by atoms with E-state index in [2.05, 4.69) is 34.6 Å². The Hall–Kier alpha value is -2.64. The fraction of sp³-hybridized carbons (Fsp3) is 0.636. The standard InChI is InChI=1S/C22H32N4O4/c1-13(2)9-17-10-18(30-26-17)11-23-21(27)15-5-7-16(8-6-15)25-22(28)19-20(14(3)4)29-12-24-19/h10,12-16H,5-9,11H2,1-4H3,(H,23,27)(H,25,28). The molecule has 3 rings (SSSR count). The summed E-state index contributed by atoms with van der Waals surface area (Å²) in [6.07, 6.45) is 5.17. The summed E-state index contributed by atoms with van der Waals surface area (Å²) in [7, 11) is 0. The third-order valence-electron chi connectivity index (χ3n) is 5.43. The minimum atomic E-state index is -0.206. The van der Waals surface area contributed by atoms with Crippen molar-refractivity contribution >= 4 is 11.8 Å². The molecule has 164 valence electrons. The van der Waals surface area contributed by atoms with Crippen LogP contribution in [0.1, 0.15) is 87.0 Å². The van der Waals surface area contributed by atoms with Gasteiger partial charge in [-0.3, -0.25) is 9.59 Å². The normalized spacial score (nSPS) is 19.3. The van der Waals surface area contributed by atoms with Gasteiger partial charge >= 0.3 is 0 Å². The van der Waals surface area contributed by atoms with Gasteiger partial charge in [-0.15, -0.1) is 0 Å². The van der Waals surface area contributed by atoms with Crippen molar-refractivity contribution < 1.29 is 18.5 Å². The van der Waals surface area contributed by atoms with Gasteiger partial charge in [0.25, 0.3) is 5.91 Å². The van der Waals surface area contributed by atoms with E-state index in [1.54, 1.807) is 0 Å². The Morgan fingerprint density at radius 2 is 1.90 bits per heavy atom. The molecule has 0 unspecified atom stereocenters. The lowest BCUT2D eigenvalue weighted by atomic mass is 9.85. The van der Waals surface area contributed by atoms with E-state index in [0.717, 1.165) is 37.8 Å². The van der Waals surface area contributed by atoms with E-state index in [9.17, 15) is 9.59 Å². The first kappa shape index (κ1) is 22.1. The van der Waals surface area contributed by atoms with Crippen molar-refractivity contribution in [2.24, 2.45) is 11.8 Å². The molecule has 8 heteroatoms. The molecule has 2 N–H and O–H groups in total. The summed E-state index contributed by atoms with van der Waals surface area (Å²) in [4.78, 5) is 29.1. The largest absolute Gasteiger partial charge is 0.447 e. The Labute approximate surface area is 177 Å². The number of amides is 2. The van der Waals surface area contributed by atoms with Crippen LogP contribution in [-0.4, -0.2) is 28.0 Å². The van der Waals surface area contributed by atoms with E-state index < -0.39 is 0 Å². The highest BCUT2D eigenvalue weighted by Gasteiger charge is 2.29. The summed E-state index contributed by atoms with van der Waals surface area (Å²) in [5.74, 6) is 1.66. The maximum atomic E-state index is 12.5. The average molecular weight is 417 g/mol. The zero-order valence-corrected chi connectivity index (χ0v) is 18.2. The number of hydrogen-bond donors (Lipinski definition) is 2. The van der Waals surface area contributed by atoms with Gasteiger partial charge in [-0.1, -0.05) is 32.9 Å². The Morgan fingerprint density at radius 1 is 1.17 bits per heavy atom. The third kappa shape index (κ3) is 5.70. The second-order valence-electron chi connectivity index (χ2n) is 8.84. The van der Waals surface area contributed by atoms with Gasteiger partial charge in [0.05, 0.1) is 12.2 Å². The van der Waals surface area contributed by atoms with E-state index in [1.807, 2.05) is 19.9 Å². The van der Waals surface area contributed by atoms with Crippen LogP contribution in [0, 0.1) is 11.8 Å². The van der Waals surface area contributed by atoms with Crippen molar-refractivity contribution in [2.75, 3.05) is 0 Å². The predicted octanol–water partition coefficient (Wildman–Crippen LogP) is 3.59. The molecule has 0 aliphatic heterocycles. The molecule has 0 spiro atoms. The molecule has 0 aromatic carbocycles. The minimum Gasteiger partial charge on any atom is -0.447 e. The van der Waals surface area contributed by atoms with Crippen LogP contribution >= 0.6 is 0 Å². The van der Waals surface area contributed by atoms with Gasteiger partial charge in [0.1, 0.15) is 5.76 Å². The maximum absolute atomic E-state index is 12.5. The quantitative estimate of drug-likeness (QED) is 0.680. The van der Waals surface area contributed by atoms with Crippen LogP contribution in [-0.2, 0) is 17.8 Å². The van der Waals surface area contributed by atoms with Gasteiger partial charge in [0, 0.05) is 23.9 Å². The van der Waals surface area contributed by atoms with Crippen molar-refractivity contribution in [3.63, 3.8) is 0 Å². The number of aromatic nitrogens is 2. The van der Waals surface area contributed by atoms with Crippen LogP contribution in [0.2, 0.25) is 0 Å². The third-order valence-corrected chi connectivity index (χ3v) is 5.43. The van der Waals surface area contributed by atoms with E-state index in [1.165, 1.54) is 6.39 Å². The van der Waals surface area contributed by atoms with Crippen molar-refractivity contribution in [3.8, 4) is 0 Å². The number of nitrogens with one attached hydrogen (secondary N) is 2. The zero-order valence-electron chi connectivity index (χ0n) is 18.2. The molecule has 8 nitrogen and oxygen atoms in total. The van der Waals surface area contributed by atoms with Crippen molar-refractivity contribution in [3.05, 3.63) is 35.4 Å². The predicted molar refractivity (Wildman–Crippen MR) is 111 cm³/mol. The van der Waals surface area contributed by atoms with Crippen LogP contribution in [0.5, 0.6) is 0 Å². The molecular formula is C22H32N4O4. The smallest absolute Gasteiger partial charge is 0.273 e. The Morgan fingerprint density at radius 3 is 2.57 bits per heavy atom. The van der Waals surface area contributed by atoms with E-state index in [-0.39, 0.29) is 29.7 Å². The fourth-order valence-corrected chi connectivity index (χ4v) is 3.86. The monoisotopic (exact) mass is 416 g/mol. The molecule has 0 bridgehead atoms. The molecule has 30 heavy (non-hydrogen) atoms. The van der Waals surface area contributed by atoms with Crippen molar-refractivity contribution in [1.29, 1.82) is 0 Å². The lowest BCUT2D eigenvalue weighted by molar-refractivity contribution is -0.126. The van der Waals surface area contributed by atoms with Crippen LogP contribution in [0.3, 0.4) is 0 Å². The summed E-state index contributed by atoms with van der Waals surface area (Å²) in [6.45, 7) is 8.54. The number of carbonyl (C=O) groups is 2. The molecule has 1 saturated carbocycles. The molecule has 0 atom stereocenters. The average Bonchev–Trinajstić information content (AvgIpc) is 3.36. The molecule has 1 fully saturated rings. The van der Waals surface area contributed by atoms with Crippen LogP contribution < -0.4 is 10.6 Å². The van der Waals surface area contributed by atoms with Crippen LogP contribution in [0.15, 0.2) is 21.4 Å². The molecule has 0 saturated heterocycles. The molecule has 2 aromatic heterocycles. The highest BCUT2D eigenvalue weighted by molar-refractivity contribution is 5.93. The number of oxazole rings is 1. The molecule has 1 aliphatic carbocycles. The Bertz CT molecular complexity index is 847. The first-order chi connectivity index (χ1) is 14.3. The lowest BCUT2D eigenvalue weighted by Gasteiger charge is -2.28. The summed E-state index contributed by atoms with van der Waals surface area (Å²) < 4.78 is 10.6. The van der Waals surface area contributed by atoms with E-state index >= 15 is 0 Å². The first-order valence-corrected chi connectivity index (χ1v) is 10.8. The van der Waals surface area contributed by atoms with Gasteiger partial charge < -0.3 is 19.6 Å². The highest BCUT2D eigenvalue weighted by Crippen LogP contribution is 2.25. The molecule has 1 aliphatic rings. The summed E-state index contributed by atoms with van der Waals surface area (Å²) in [6, 6.07) is 1.95. The van der Waals surface area contributed by atoms with Crippen molar-refractivity contribution in [1.82, 2.24) is 20.8 Å². The summed E-state index contributed by atoms with van der Waals surface area (Å²) >= 11 is 0. The lowest BCUT2D eigenvalue weighted by Crippen LogP contribution is -2.41.